The van der Waals surface area contributed by atoms with Crippen molar-refractivity contribution in [3.05, 3.63) is 41.3 Å². The first-order chi connectivity index (χ1) is 14.1. The van der Waals surface area contributed by atoms with Crippen LogP contribution in [0.15, 0.2) is 24.3 Å². The number of benzene rings is 1. The van der Waals surface area contributed by atoms with Gasteiger partial charge in [0.15, 0.2) is 5.69 Å². The van der Waals surface area contributed by atoms with Gasteiger partial charge in [-0.1, -0.05) is 0 Å². The van der Waals surface area contributed by atoms with Crippen LogP contribution in [0.25, 0.3) is 5.69 Å². The summed E-state index contributed by atoms with van der Waals surface area (Å²) in [5.74, 6) is -0.960. The molecule has 2 N–H and O–H groups in total. The quantitative estimate of drug-likeness (QED) is 0.766. The third kappa shape index (κ3) is 4.55. The molecule has 8 nitrogen and oxygen atoms in total. The fourth-order valence-corrected chi connectivity index (χ4v) is 3.58. The molecule has 1 aliphatic rings. The monoisotopic (exact) mass is 418 g/mol. The van der Waals surface area contributed by atoms with Crippen molar-refractivity contribution in [1.82, 2.24) is 14.7 Å². The minimum Gasteiger partial charge on any atom is -0.464 e. The van der Waals surface area contributed by atoms with Crippen molar-refractivity contribution >= 4 is 17.9 Å². The van der Waals surface area contributed by atoms with Crippen molar-refractivity contribution in [2.45, 2.75) is 45.1 Å². The highest BCUT2D eigenvalue weighted by Gasteiger charge is 2.34. The molecule has 162 valence electrons. The number of aromatic nitrogens is 2. The molecule has 1 saturated heterocycles. The predicted molar refractivity (Wildman–Crippen MR) is 109 cm³/mol. The van der Waals surface area contributed by atoms with Gasteiger partial charge in [0.1, 0.15) is 17.2 Å². The van der Waals surface area contributed by atoms with E-state index in [9.17, 15) is 14.0 Å². The van der Waals surface area contributed by atoms with Crippen LogP contribution in [0.1, 0.15) is 55.6 Å². The lowest BCUT2D eigenvalue weighted by Crippen LogP contribution is -2.42. The van der Waals surface area contributed by atoms with Crippen LogP contribution < -0.4 is 5.73 Å². The van der Waals surface area contributed by atoms with Crippen LogP contribution in [0.2, 0.25) is 0 Å². The Kier molecular flexibility index (Phi) is 6.00. The zero-order chi connectivity index (χ0) is 22.1. The van der Waals surface area contributed by atoms with Crippen LogP contribution >= 0.6 is 0 Å². The highest BCUT2D eigenvalue weighted by atomic mass is 19.1. The summed E-state index contributed by atoms with van der Waals surface area (Å²) in [5, 5.41) is 4.34. The molecule has 3 rings (SSSR count). The Hall–Kier alpha value is -3.10. The van der Waals surface area contributed by atoms with Crippen molar-refractivity contribution in [1.29, 1.82) is 0 Å². The highest BCUT2D eigenvalue weighted by molar-refractivity contribution is 5.91. The third-order valence-electron chi connectivity index (χ3n) is 4.89. The van der Waals surface area contributed by atoms with Crippen molar-refractivity contribution in [3.63, 3.8) is 0 Å². The second kappa shape index (κ2) is 8.33. The lowest BCUT2D eigenvalue weighted by Gasteiger charge is -2.34. The minimum atomic E-state index is -0.619. The number of likely N-dealkylation sites (tertiary alicyclic amines) is 1. The molecule has 30 heavy (non-hydrogen) atoms. The fraction of sp³-hybridized carbons (Fsp3) is 0.476. The van der Waals surface area contributed by atoms with Gasteiger partial charge in [-0.15, -0.1) is 0 Å². The molecule has 2 aromatic rings. The predicted octanol–water partition coefficient (Wildman–Crippen LogP) is 3.49. The summed E-state index contributed by atoms with van der Waals surface area (Å²) < 4.78 is 25.1. The summed E-state index contributed by atoms with van der Waals surface area (Å²) >= 11 is 0. The molecular formula is C21H27FN4O4. The molecule has 1 fully saturated rings. The number of amides is 1. The van der Waals surface area contributed by atoms with E-state index in [0.29, 0.717) is 24.3 Å². The number of carbonyl (C=O) groups excluding carboxylic acids is 2. The largest absolute Gasteiger partial charge is 0.464 e. The topological polar surface area (TPSA) is 99.7 Å². The highest BCUT2D eigenvalue weighted by Crippen LogP contribution is 2.35. The first-order valence-electron chi connectivity index (χ1n) is 9.81. The van der Waals surface area contributed by atoms with Crippen molar-refractivity contribution < 1.29 is 23.5 Å². The average Bonchev–Trinajstić information content (AvgIpc) is 3.04. The molecule has 1 aromatic heterocycles. The van der Waals surface area contributed by atoms with Gasteiger partial charge in [0.2, 0.25) is 0 Å². The molecule has 0 radical (unpaired) electrons. The number of hydrogen-bond acceptors (Lipinski definition) is 6. The standard InChI is InChI=1S/C21H27FN4O4/c1-21(2,3)30-20(28)25-11-5-6-13(12-25)16-17(19(27)29-4)24-26(18(16)23)15-9-7-14(22)8-10-15/h7-10,13H,5-6,11-12,23H2,1-4H3. The van der Waals surface area contributed by atoms with E-state index < -0.39 is 23.5 Å². The molecule has 2 heterocycles. The molecule has 0 bridgehead atoms. The Balaban J connectivity index is 1.96. The molecule has 0 aliphatic carbocycles. The number of piperidine rings is 1. The summed E-state index contributed by atoms with van der Waals surface area (Å²) in [5.41, 5.74) is 6.92. The minimum absolute atomic E-state index is 0.0929. The number of halogens is 1. The number of ether oxygens (including phenoxy) is 2. The molecule has 1 atom stereocenters. The average molecular weight is 418 g/mol. The summed E-state index contributed by atoms with van der Waals surface area (Å²) in [4.78, 5) is 26.6. The maximum Gasteiger partial charge on any atom is 0.410 e. The van der Waals surface area contributed by atoms with Crippen LogP contribution in [-0.2, 0) is 9.47 Å². The van der Waals surface area contributed by atoms with Crippen molar-refractivity contribution in [2.75, 3.05) is 25.9 Å². The summed E-state index contributed by atoms with van der Waals surface area (Å²) in [7, 11) is 1.27. The Morgan fingerprint density at radius 1 is 1.23 bits per heavy atom. The van der Waals surface area contributed by atoms with Gasteiger partial charge in [-0.3, -0.25) is 0 Å². The van der Waals surface area contributed by atoms with Crippen LogP contribution in [0.3, 0.4) is 0 Å². The van der Waals surface area contributed by atoms with E-state index in [1.54, 1.807) is 4.90 Å². The number of rotatable bonds is 3. The van der Waals surface area contributed by atoms with Gasteiger partial charge in [-0.05, 0) is 57.9 Å². The molecule has 1 aromatic carbocycles. The van der Waals surface area contributed by atoms with E-state index in [4.69, 9.17) is 15.2 Å². The fourth-order valence-electron chi connectivity index (χ4n) is 3.58. The lowest BCUT2D eigenvalue weighted by atomic mass is 9.90. The number of anilines is 1. The van der Waals surface area contributed by atoms with E-state index in [1.807, 2.05) is 20.8 Å². The van der Waals surface area contributed by atoms with Crippen LogP contribution in [0.4, 0.5) is 15.0 Å². The number of hydrogen-bond donors (Lipinski definition) is 1. The van der Waals surface area contributed by atoms with Crippen LogP contribution in [0, 0.1) is 5.82 Å². The number of nitrogens with two attached hydrogens (primary N) is 1. The van der Waals surface area contributed by atoms with Gasteiger partial charge in [-0.2, -0.15) is 5.10 Å². The number of carbonyl (C=O) groups is 2. The number of esters is 1. The van der Waals surface area contributed by atoms with Crippen molar-refractivity contribution in [3.8, 4) is 5.69 Å². The zero-order valence-electron chi connectivity index (χ0n) is 17.6. The lowest BCUT2D eigenvalue weighted by molar-refractivity contribution is 0.0198. The van der Waals surface area contributed by atoms with Gasteiger partial charge >= 0.3 is 12.1 Å². The van der Waals surface area contributed by atoms with Crippen LogP contribution in [-0.4, -0.2) is 52.5 Å². The second-order valence-corrected chi connectivity index (χ2v) is 8.29. The molecule has 9 heteroatoms. The summed E-state index contributed by atoms with van der Waals surface area (Å²) in [6.45, 7) is 6.34. The third-order valence-corrected chi connectivity index (χ3v) is 4.89. The second-order valence-electron chi connectivity index (χ2n) is 8.29. The Morgan fingerprint density at radius 3 is 2.50 bits per heavy atom. The zero-order valence-corrected chi connectivity index (χ0v) is 17.6. The summed E-state index contributed by atoms with van der Waals surface area (Å²) in [6, 6.07) is 5.63. The Morgan fingerprint density at radius 2 is 1.90 bits per heavy atom. The van der Waals surface area contributed by atoms with E-state index in [0.717, 1.165) is 12.8 Å². The molecule has 0 saturated carbocycles. The number of methoxy groups -OCH3 is 1. The molecule has 1 amide bonds. The SMILES string of the molecule is COC(=O)c1nn(-c2ccc(F)cc2)c(N)c1C1CCCN(C(=O)OC(C)(C)C)C1. The smallest absolute Gasteiger partial charge is 0.410 e. The van der Waals surface area contributed by atoms with Crippen molar-refractivity contribution in [2.24, 2.45) is 0 Å². The maximum absolute atomic E-state index is 13.3. The first kappa shape index (κ1) is 21.6. The van der Waals surface area contributed by atoms with Gasteiger partial charge in [0.25, 0.3) is 0 Å². The van der Waals surface area contributed by atoms with E-state index >= 15 is 0 Å². The summed E-state index contributed by atoms with van der Waals surface area (Å²) in [6.07, 6.45) is 1.05. The molecule has 0 spiro atoms. The van der Waals surface area contributed by atoms with Gasteiger partial charge in [0, 0.05) is 24.6 Å². The van der Waals surface area contributed by atoms with Gasteiger partial charge in [-0.25, -0.2) is 18.7 Å². The Labute approximate surface area is 174 Å². The molecule has 1 unspecified atom stereocenters. The Bertz CT molecular complexity index is 934. The maximum atomic E-state index is 13.3. The number of nitrogens with zero attached hydrogens (tertiary/aromatic N) is 3. The van der Waals surface area contributed by atoms with Gasteiger partial charge in [0.05, 0.1) is 12.8 Å². The normalized spacial score (nSPS) is 17.0. The molecule has 1 aliphatic heterocycles. The molecular weight excluding hydrogens is 391 g/mol. The van der Waals surface area contributed by atoms with Gasteiger partial charge < -0.3 is 20.1 Å². The van der Waals surface area contributed by atoms with E-state index in [2.05, 4.69) is 5.10 Å². The first-order valence-corrected chi connectivity index (χ1v) is 9.81. The number of nitrogen functional groups attached to an aromatic ring is 1. The van der Waals surface area contributed by atoms with E-state index in [1.165, 1.54) is 36.1 Å². The van der Waals surface area contributed by atoms with Crippen LogP contribution in [0.5, 0.6) is 0 Å². The van der Waals surface area contributed by atoms with E-state index in [-0.39, 0.29) is 17.4 Å².